The first-order chi connectivity index (χ1) is 10.6. The molecule has 2 unspecified atom stereocenters. The fourth-order valence-electron chi connectivity index (χ4n) is 1.63. The lowest BCUT2D eigenvalue weighted by molar-refractivity contribution is -0.151. The number of carbonyl (C=O) groups excluding carboxylic acids is 2. The highest BCUT2D eigenvalue weighted by atomic mass is 16.6. The summed E-state index contributed by atoms with van der Waals surface area (Å²) in [6, 6.07) is 0. The molecule has 124 valence electrons. The third kappa shape index (κ3) is 8.01. The minimum Gasteiger partial charge on any atom is -0.463 e. The van der Waals surface area contributed by atoms with E-state index >= 15 is 0 Å². The molecule has 0 N–H and O–H groups in total. The number of hydrogen-bond acceptors (Lipinski definition) is 6. The SMILES string of the molecule is CC1CC#CCC(C)C(=O)OCCOCCOCCOC1=O. The van der Waals surface area contributed by atoms with Gasteiger partial charge in [0.05, 0.1) is 38.3 Å². The first-order valence-corrected chi connectivity index (χ1v) is 7.55. The molecule has 0 aromatic heterocycles. The van der Waals surface area contributed by atoms with Crippen LogP contribution in [-0.2, 0) is 28.5 Å². The van der Waals surface area contributed by atoms with Crippen LogP contribution in [0, 0.1) is 23.7 Å². The van der Waals surface area contributed by atoms with E-state index in [2.05, 4.69) is 11.8 Å². The largest absolute Gasteiger partial charge is 0.463 e. The molecule has 0 aromatic rings. The van der Waals surface area contributed by atoms with Gasteiger partial charge in [-0.1, -0.05) is 13.8 Å². The highest BCUT2D eigenvalue weighted by molar-refractivity contribution is 5.73. The van der Waals surface area contributed by atoms with Gasteiger partial charge in [-0.05, 0) is 0 Å². The Labute approximate surface area is 131 Å². The third-order valence-corrected chi connectivity index (χ3v) is 3.06. The molecular formula is C16H24O6. The van der Waals surface area contributed by atoms with Gasteiger partial charge in [-0.15, -0.1) is 11.8 Å². The summed E-state index contributed by atoms with van der Waals surface area (Å²) in [7, 11) is 0. The first kappa shape index (κ1) is 18.5. The summed E-state index contributed by atoms with van der Waals surface area (Å²) < 4.78 is 20.7. The normalized spacial score (nSPS) is 26.6. The van der Waals surface area contributed by atoms with Crippen LogP contribution in [0.2, 0.25) is 0 Å². The van der Waals surface area contributed by atoms with Crippen LogP contribution in [0.4, 0.5) is 0 Å². The topological polar surface area (TPSA) is 71.1 Å². The summed E-state index contributed by atoms with van der Waals surface area (Å²) in [5, 5.41) is 0. The predicted molar refractivity (Wildman–Crippen MR) is 78.9 cm³/mol. The Morgan fingerprint density at radius 3 is 1.50 bits per heavy atom. The molecule has 0 spiro atoms. The van der Waals surface area contributed by atoms with E-state index in [1.807, 2.05) is 0 Å². The number of hydrogen-bond donors (Lipinski definition) is 0. The monoisotopic (exact) mass is 312 g/mol. The quantitative estimate of drug-likeness (QED) is 0.494. The van der Waals surface area contributed by atoms with E-state index in [-0.39, 0.29) is 37.0 Å². The fraction of sp³-hybridized carbons (Fsp3) is 0.750. The summed E-state index contributed by atoms with van der Waals surface area (Å²) in [5.41, 5.74) is 0. The molecule has 22 heavy (non-hydrogen) atoms. The molecule has 0 saturated carbocycles. The molecule has 1 heterocycles. The van der Waals surface area contributed by atoms with Crippen molar-refractivity contribution >= 4 is 11.9 Å². The van der Waals surface area contributed by atoms with Crippen LogP contribution in [0.5, 0.6) is 0 Å². The smallest absolute Gasteiger partial charge is 0.309 e. The first-order valence-electron chi connectivity index (χ1n) is 7.55. The zero-order valence-electron chi connectivity index (χ0n) is 13.3. The molecular weight excluding hydrogens is 288 g/mol. The Bertz CT molecular complexity index is 373. The van der Waals surface area contributed by atoms with Crippen LogP contribution in [0.1, 0.15) is 26.7 Å². The molecule has 1 rings (SSSR count). The van der Waals surface area contributed by atoms with Gasteiger partial charge in [0.25, 0.3) is 0 Å². The maximum atomic E-state index is 11.7. The average molecular weight is 312 g/mol. The molecule has 0 aliphatic carbocycles. The van der Waals surface area contributed by atoms with Crippen molar-refractivity contribution in [2.45, 2.75) is 26.7 Å². The van der Waals surface area contributed by atoms with Crippen molar-refractivity contribution in [1.29, 1.82) is 0 Å². The number of cyclic esters (lactones) is 2. The van der Waals surface area contributed by atoms with Gasteiger partial charge in [0, 0.05) is 12.8 Å². The molecule has 6 nitrogen and oxygen atoms in total. The van der Waals surface area contributed by atoms with Crippen LogP contribution < -0.4 is 0 Å². The van der Waals surface area contributed by atoms with E-state index in [1.54, 1.807) is 13.8 Å². The van der Waals surface area contributed by atoms with Gasteiger partial charge in [0.1, 0.15) is 13.2 Å². The highest BCUT2D eigenvalue weighted by Gasteiger charge is 2.14. The van der Waals surface area contributed by atoms with Crippen LogP contribution in [0.25, 0.3) is 0 Å². The zero-order valence-corrected chi connectivity index (χ0v) is 13.3. The van der Waals surface area contributed by atoms with Crippen molar-refractivity contribution < 1.29 is 28.5 Å². The van der Waals surface area contributed by atoms with Crippen molar-refractivity contribution in [2.75, 3.05) is 39.6 Å². The van der Waals surface area contributed by atoms with Crippen molar-refractivity contribution in [2.24, 2.45) is 11.8 Å². The standard InChI is InChI=1S/C16H24O6/c1-13-5-3-4-6-14(2)16(18)22-12-10-20-8-7-19-9-11-21-15(13)17/h13-14H,5-12H2,1-2H3. The lowest BCUT2D eigenvalue weighted by Crippen LogP contribution is -2.19. The minimum atomic E-state index is -0.294. The molecule has 0 amide bonds. The Balaban J connectivity index is 2.48. The number of ether oxygens (including phenoxy) is 4. The van der Waals surface area contributed by atoms with Gasteiger partial charge < -0.3 is 18.9 Å². The van der Waals surface area contributed by atoms with Gasteiger partial charge in [0.2, 0.25) is 0 Å². The zero-order chi connectivity index (χ0) is 16.2. The van der Waals surface area contributed by atoms with Crippen molar-refractivity contribution in [1.82, 2.24) is 0 Å². The molecule has 2 atom stereocenters. The molecule has 1 aliphatic rings. The molecule has 6 heteroatoms. The number of carbonyl (C=O) groups is 2. The Kier molecular flexibility index (Phi) is 9.28. The molecule has 1 aliphatic heterocycles. The average Bonchev–Trinajstić information content (AvgIpc) is 2.51. The van der Waals surface area contributed by atoms with Crippen LogP contribution in [0.3, 0.4) is 0 Å². The number of esters is 2. The van der Waals surface area contributed by atoms with Crippen LogP contribution in [0.15, 0.2) is 0 Å². The molecule has 0 aromatic carbocycles. The molecule has 0 saturated heterocycles. The molecule has 0 bridgehead atoms. The fourth-order valence-corrected chi connectivity index (χ4v) is 1.63. The van der Waals surface area contributed by atoms with E-state index < -0.39 is 0 Å². The summed E-state index contributed by atoms with van der Waals surface area (Å²) in [6.07, 6.45) is 0.824. The maximum Gasteiger partial charge on any atom is 0.309 e. The van der Waals surface area contributed by atoms with Gasteiger partial charge in [-0.2, -0.15) is 0 Å². The summed E-state index contributed by atoms with van der Waals surface area (Å²) in [6.45, 7) is 5.46. The lowest BCUT2D eigenvalue weighted by atomic mass is 10.1. The molecule has 0 fully saturated rings. The van der Waals surface area contributed by atoms with E-state index in [0.29, 0.717) is 39.3 Å². The second kappa shape index (κ2) is 11.0. The second-order valence-electron chi connectivity index (χ2n) is 5.12. The molecule has 0 radical (unpaired) electrons. The van der Waals surface area contributed by atoms with E-state index in [4.69, 9.17) is 18.9 Å². The summed E-state index contributed by atoms with van der Waals surface area (Å²) in [4.78, 5) is 23.4. The highest BCUT2D eigenvalue weighted by Crippen LogP contribution is 2.06. The summed E-state index contributed by atoms with van der Waals surface area (Å²) >= 11 is 0. The number of rotatable bonds is 0. The summed E-state index contributed by atoms with van der Waals surface area (Å²) in [5.74, 6) is 4.65. The third-order valence-electron chi connectivity index (χ3n) is 3.06. The van der Waals surface area contributed by atoms with E-state index in [9.17, 15) is 9.59 Å². The van der Waals surface area contributed by atoms with Gasteiger partial charge >= 0.3 is 11.9 Å². The van der Waals surface area contributed by atoms with Crippen LogP contribution >= 0.6 is 0 Å². The van der Waals surface area contributed by atoms with Gasteiger partial charge in [0.15, 0.2) is 0 Å². The van der Waals surface area contributed by atoms with Crippen molar-refractivity contribution in [3.8, 4) is 11.8 Å². The predicted octanol–water partition coefficient (Wildman–Crippen LogP) is 1.18. The van der Waals surface area contributed by atoms with Crippen molar-refractivity contribution in [3.63, 3.8) is 0 Å². The van der Waals surface area contributed by atoms with Gasteiger partial charge in [-0.3, -0.25) is 9.59 Å². The van der Waals surface area contributed by atoms with Crippen LogP contribution in [-0.4, -0.2) is 51.6 Å². The van der Waals surface area contributed by atoms with Crippen molar-refractivity contribution in [3.05, 3.63) is 0 Å². The van der Waals surface area contributed by atoms with Gasteiger partial charge in [-0.25, -0.2) is 0 Å². The Morgan fingerprint density at radius 1 is 0.727 bits per heavy atom. The Hall–Kier alpha value is -1.58. The van der Waals surface area contributed by atoms with E-state index in [1.165, 1.54) is 0 Å². The maximum absolute atomic E-state index is 11.7. The Morgan fingerprint density at radius 2 is 1.09 bits per heavy atom. The lowest BCUT2D eigenvalue weighted by Gasteiger charge is -2.11. The minimum absolute atomic E-state index is 0.227. The van der Waals surface area contributed by atoms with E-state index in [0.717, 1.165) is 0 Å². The second-order valence-corrected chi connectivity index (χ2v) is 5.12.